The second-order valence-electron chi connectivity index (χ2n) is 4.11. The van der Waals surface area contributed by atoms with E-state index in [1.165, 1.54) is 16.1 Å². The first-order valence-electron chi connectivity index (χ1n) is 5.25. The molecule has 1 aliphatic rings. The highest BCUT2D eigenvalue weighted by molar-refractivity contribution is 8.00. The van der Waals surface area contributed by atoms with Gasteiger partial charge in [0.1, 0.15) is 0 Å². The summed E-state index contributed by atoms with van der Waals surface area (Å²) in [4.78, 5) is 3.57. The molecule has 3 heteroatoms. The molecule has 1 aliphatic heterocycles. The van der Waals surface area contributed by atoms with E-state index in [4.69, 9.17) is 0 Å². The van der Waals surface area contributed by atoms with Crippen molar-refractivity contribution in [3.8, 4) is 0 Å². The van der Waals surface area contributed by atoms with Gasteiger partial charge in [0.05, 0.1) is 17.5 Å². The molecule has 0 amide bonds. The van der Waals surface area contributed by atoms with Gasteiger partial charge < -0.3 is 10.0 Å². The number of fused-ring (bicyclic) bond motifs is 1. The van der Waals surface area contributed by atoms with E-state index in [2.05, 4.69) is 44.0 Å². The minimum absolute atomic E-state index is 0.240. The molecule has 1 aromatic rings. The lowest BCUT2D eigenvalue weighted by Gasteiger charge is -2.39. The smallest absolute Gasteiger partial charge is 0.0573 e. The van der Waals surface area contributed by atoms with E-state index in [0.717, 1.165) is 0 Å². The van der Waals surface area contributed by atoms with Crippen molar-refractivity contribution in [2.75, 3.05) is 18.6 Å². The second-order valence-corrected chi connectivity index (χ2v) is 5.39. The van der Waals surface area contributed by atoms with Crippen LogP contribution in [0.3, 0.4) is 0 Å². The largest absolute Gasteiger partial charge is 0.395 e. The van der Waals surface area contributed by atoms with Gasteiger partial charge in [-0.1, -0.05) is 12.1 Å². The van der Waals surface area contributed by atoms with E-state index in [-0.39, 0.29) is 11.9 Å². The number of anilines is 1. The summed E-state index contributed by atoms with van der Waals surface area (Å²) in [6, 6.07) is 6.74. The van der Waals surface area contributed by atoms with Crippen LogP contribution in [0.5, 0.6) is 0 Å². The van der Waals surface area contributed by atoms with Crippen molar-refractivity contribution in [3.63, 3.8) is 0 Å². The van der Waals surface area contributed by atoms with Gasteiger partial charge in [0.15, 0.2) is 0 Å². The molecule has 0 aromatic heterocycles. The summed E-state index contributed by atoms with van der Waals surface area (Å²) in [7, 11) is 2.11. The molecule has 1 N–H and O–H groups in total. The van der Waals surface area contributed by atoms with E-state index < -0.39 is 0 Å². The molecule has 1 aromatic carbocycles. The second kappa shape index (κ2) is 4.06. The highest BCUT2D eigenvalue weighted by Gasteiger charge is 2.29. The Bertz CT molecular complexity index is 367. The summed E-state index contributed by atoms with van der Waals surface area (Å²) in [5.41, 5.74) is 2.63. The van der Waals surface area contributed by atoms with Crippen LogP contribution in [0.1, 0.15) is 12.5 Å². The van der Waals surface area contributed by atoms with E-state index in [9.17, 15) is 5.11 Å². The van der Waals surface area contributed by atoms with E-state index >= 15 is 0 Å². The third kappa shape index (κ3) is 1.74. The topological polar surface area (TPSA) is 23.5 Å². The Kier molecular flexibility index (Phi) is 2.94. The molecule has 0 aliphatic carbocycles. The molecule has 15 heavy (non-hydrogen) atoms. The Balaban J connectivity index is 2.45. The Hall–Kier alpha value is -0.670. The average molecular weight is 223 g/mol. The normalized spacial score (nSPS) is 25.2. The maximum absolute atomic E-state index is 9.33. The SMILES string of the molecule is Cc1cccc2c1N(C)C(C)C(CO)S2. The number of aliphatic hydroxyl groups is 1. The van der Waals surface area contributed by atoms with Gasteiger partial charge in [-0.15, -0.1) is 11.8 Å². The Morgan fingerprint density at radius 3 is 2.87 bits per heavy atom. The fraction of sp³-hybridized carbons (Fsp3) is 0.500. The lowest BCUT2D eigenvalue weighted by Crippen LogP contribution is -2.42. The molecule has 2 rings (SSSR count). The van der Waals surface area contributed by atoms with Gasteiger partial charge in [-0.3, -0.25) is 0 Å². The van der Waals surface area contributed by atoms with Gasteiger partial charge in [-0.25, -0.2) is 0 Å². The summed E-state index contributed by atoms with van der Waals surface area (Å²) < 4.78 is 0. The Morgan fingerprint density at radius 2 is 2.20 bits per heavy atom. The summed E-state index contributed by atoms with van der Waals surface area (Å²) in [6.45, 7) is 4.55. The molecule has 1 heterocycles. The van der Waals surface area contributed by atoms with Crippen molar-refractivity contribution in [3.05, 3.63) is 23.8 Å². The number of aryl methyl sites for hydroxylation is 1. The predicted octanol–water partition coefficient (Wildman–Crippen LogP) is 2.29. The van der Waals surface area contributed by atoms with Crippen molar-refractivity contribution in [1.29, 1.82) is 0 Å². The van der Waals surface area contributed by atoms with Gasteiger partial charge >= 0.3 is 0 Å². The molecule has 2 nitrogen and oxygen atoms in total. The molecular weight excluding hydrogens is 206 g/mol. The zero-order valence-electron chi connectivity index (χ0n) is 9.40. The minimum atomic E-state index is 0.240. The number of aliphatic hydroxyl groups excluding tert-OH is 1. The van der Waals surface area contributed by atoms with Gasteiger partial charge in [0.25, 0.3) is 0 Å². The quantitative estimate of drug-likeness (QED) is 0.790. The third-order valence-corrected chi connectivity index (χ3v) is 4.59. The van der Waals surface area contributed by atoms with Crippen molar-refractivity contribution in [2.24, 2.45) is 0 Å². The van der Waals surface area contributed by atoms with Crippen LogP contribution in [0.25, 0.3) is 0 Å². The van der Waals surface area contributed by atoms with E-state index in [1.54, 1.807) is 11.8 Å². The van der Waals surface area contributed by atoms with Crippen LogP contribution >= 0.6 is 11.8 Å². The van der Waals surface area contributed by atoms with Crippen molar-refractivity contribution in [2.45, 2.75) is 30.0 Å². The number of rotatable bonds is 1. The fourth-order valence-electron chi connectivity index (χ4n) is 2.08. The maximum Gasteiger partial charge on any atom is 0.0573 e. The van der Waals surface area contributed by atoms with Crippen LogP contribution in [0.15, 0.2) is 23.1 Å². The molecule has 0 radical (unpaired) electrons. The lowest BCUT2D eigenvalue weighted by molar-refractivity contribution is 0.282. The summed E-state index contributed by atoms with van der Waals surface area (Å²) >= 11 is 1.79. The molecule has 0 spiro atoms. The molecule has 2 atom stereocenters. The molecular formula is C12H17NOS. The van der Waals surface area contributed by atoms with Crippen LogP contribution in [0, 0.1) is 6.92 Å². The standard InChI is InChI=1S/C12H17NOS/c1-8-5-4-6-10-12(8)13(3)9(2)11(7-14)15-10/h4-6,9,11,14H,7H2,1-3H3. The van der Waals surface area contributed by atoms with Gasteiger partial charge in [-0.05, 0) is 25.5 Å². The zero-order chi connectivity index (χ0) is 11.0. The number of hydrogen-bond acceptors (Lipinski definition) is 3. The molecule has 0 saturated heterocycles. The van der Waals surface area contributed by atoms with Crippen molar-refractivity contribution < 1.29 is 5.11 Å². The number of hydrogen-bond donors (Lipinski definition) is 1. The van der Waals surface area contributed by atoms with Gasteiger partial charge in [-0.2, -0.15) is 0 Å². The number of thioether (sulfide) groups is 1. The highest BCUT2D eigenvalue weighted by Crippen LogP contribution is 2.42. The predicted molar refractivity (Wildman–Crippen MR) is 65.8 cm³/mol. The van der Waals surface area contributed by atoms with E-state index in [0.29, 0.717) is 6.04 Å². The Labute approximate surface area is 95.3 Å². The highest BCUT2D eigenvalue weighted by atomic mass is 32.2. The van der Waals surface area contributed by atoms with Crippen LogP contribution < -0.4 is 4.90 Å². The first kappa shape index (κ1) is 10.8. The summed E-state index contributed by atoms with van der Waals surface area (Å²) in [6.07, 6.45) is 0. The summed E-state index contributed by atoms with van der Waals surface area (Å²) in [5, 5.41) is 9.61. The van der Waals surface area contributed by atoms with Crippen LogP contribution in [0.2, 0.25) is 0 Å². The van der Waals surface area contributed by atoms with Gasteiger partial charge in [0.2, 0.25) is 0 Å². The molecule has 0 fully saturated rings. The monoisotopic (exact) mass is 223 g/mol. The van der Waals surface area contributed by atoms with Gasteiger partial charge in [0, 0.05) is 18.0 Å². The number of para-hydroxylation sites is 1. The van der Waals surface area contributed by atoms with Crippen LogP contribution in [0.4, 0.5) is 5.69 Å². The minimum Gasteiger partial charge on any atom is -0.395 e. The first-order chi connectivity index (χ1) is 7.15. The average Bonchev–Trinajstić information content (AvgIpc) is 2.23. The number of benzene rings is 1. The lowest BCUT2D eigenvalue weighted by atomic mass is 10.1. The van der Waals surface area contributed by atoms with Crippen LogP contribution in [-0.2, 0) is 0 Å². The van der Waals surface area contributed by atoms with Crippen LogP contribution in [-0.4, -0.2) is 30.1 Å². The fourth-order valence-corrected chi connectivity index (χ4v) is 3.44. The molecule has 0 bridgehead atoms. The molecule has 0 saturated carbocycles. The number of nitrogens with zero attached hydrogens (tertiary/aromatic N) is 1. The first-order valence-corrected chi connectivity index (χ1v) is 6.13. The van der Waals surface area contributed by atoms with E-state index in [1.807, 2.05) is 0 Å². The third-order valence-electron chi connectivity index (χ3n) is 3.16. The van der Waals surface area contributed by atoms with Crippen molar-refractivity contribution in [1.82, 2.24) is 0 Å². The Morgan fingerprint density at radius 1 is 1.47 bits per heavy atom. The zero-order valence-corrected chi connectivity index (χ0v) is 10.2. The summed E-state index contributed by atoms with van der Waals surface area (Å²) in [5.74, 6) is 0. The maximum atomic E-state index is 9.33. The molecule has 2 unspecified atom stereocenters. The van der Waals surface area contributed by atoms with Crippen molar-refractivity contribution >= 4 is 17.4 Å². The molecule has 82 valence electrons.